The number of benzene rings is 1. The lowest BCUT2D eigenvalue weighted by atomic mass is 10.2. The Bertz CT molecular complexity index is 314. The van der Waals surface area contributed by atoms with E-state index in [9.17, 15) is 0 Å². The number of rotatable bonds is 3. The van der Waals surface area contributed by atoms with Crippen LogP contribution in [-0.4, -0.2) is 0 Å². The lowest BCUT2D eigenvalue weighted by Gasteiger charge is -2.01. The van der Waals surface area contributed by atoms with Crippen molar-refractivity contribution in [3.8, 4) is 0 Å². The zero-order valence-electron chi connectivity index (χ0n) is 7.13. The molecule has 0 nitrogen and oxygen atoms in total. The first-order valence-corrected chi connectivity index (χ1v) is 5.13. The fraction of sp³-hybridized carbons (Fsp3) is 0.0909. The lowest BCUT2D eigenvalue weighted by molar-refractivity contribution is 1.38. The molecule has 0 saturated heterocycles. The minimum atomic E-state index is 0.692. The molecule has 1 aromatic rings. The molecule has 0 fully saturated rings. The molecule has 0 aliphatic rings. The third-order valence-electron chi connectivity index (χ3n) is 1.59. The molecule has 68 valence electrons. The maximum Gasteiger partial charge on any atom is 0.0396 e. The van der Waals surface area contributed by atoms with Gasteiger partial charge < -0.3 is 0 Å². The van der Waals surface area contributed by atoms with E-state index < -0.39 is 0 Å². The van der Waals surface area contributed by atoms with Crippen LogP contribution in [0.2, 0.25) is 0 Å². The molecule has 1 aromatic carbocycles. The topological polar surface area (TPSA) is 0 Å². The molecule has 0 heterocycles. The molecule has 0 aliphatic heterocycles. The van der Waals surface area contributed by atoms with Gasteiger partial charge in [-0.1, -0.05) is 48.0 Å². The van der Waals surface area contributed by atoms with Crippen molar-refractivity contribution in [3.05, 3.63) is 53.6 Å². The smallest absolute Gasteiger partial charge is 0.0396 e. The second-order valence-electron chi connectivity index (χ2n) is 2.58. The summed E-state index contributed by atoms with van der Waals surface area (Å²) >= 11 is 9.48. The van der Waals surface area contributed by atoms with E-state index in [4.69, 9.17) is 11.6 Å². The molecule has 0 saturated carbocycles. The van der Waals surface area contributed by atoms with Gasteiger partial charge in [0, 0.05) is 15.9 Å². The van der Waals surface area contributed by atoms with E-state index in [-0.39, 0.29) is 0 Å². The van der Waals surface area contributed by atoms with Crippen LogP contribution in [0.5, 0.6) is 0 Å². The predicted octanol–water partition coefficient (Wildman–Crippen LogP) is 4.57. The summed E-state index contributed by atoms with van der Waals surface area (Å²) in [5, 5.41) is 0.779. The Balaban J connectivity index is 2.95. The van der Waals surface area contributed by atoms with E-state index >= 15 is 0 Å². The first-order chi connectivity index (χ1) is 6.25. The van der Waals surface area contributed by atoms with Crippen LogP contribution in [0, 0.1) is 0 Å². The van der Waals surface area contributed by atoms with Crippen molar-refractivity contribution in [1.82, 2.24) is 0 Å². The van der Waals surface area contributed by atoms with Crippen molar-refractivity contribution in [2.75, 3.05) is 0 Å². The van der Waals surface area contributed by atoms with E-state index in [1.807, 2.05) is 30.3 Å². The molecule has 0 atom stereocenters. The molecule has 0 spiro atoms. The molecule has 0 N–H and O–H groups in total. The van der Waals surface area contributed by atoms with Gasteiger partial charge in [-0.05, 0) is 21.5 Å². The number of halogens is 2. The average Bonchev–Trinajstić information content (AvgIpc) is 2.18. The van der Waals surface area contributed by atoms with Gasteiger partial charge in [0.2, 0.25) is 0 Å². The Morgan fingerprint density at radius 1 is 1.38 bits per heavy atom. The number of hydrogen-bond acceptors (Lipinski definition) is 0. The molecular formula is C11H10BrCl. The molecule has 2 heteroatoms. The van der Waals surface area contributed by atoms with Crippen LogP contribution in [0.25, 0.3) is 4.48 Å². The fourth-order valence-electron chi connectivity index (χ4n) is 0.957. The van der Waals surface area contributed by atoms with Gasteiger partial charge in [-0.3, -0.25) is 0 Å². The highest BCUT2D eigenvalue weighted by atomic mass is 79.9. The Morgan fingerprint density at radius 3 is 2.54 bits per heavy atom. The summed E-state index contributed by atoms with van der Waals surface area (Å²) in [7, 11) is 0. The van der Waals surface area contributed by atoms with E-state index in [1.165, 1.54) is 0 Å². The van der Waals surface area contributed by atoms with Crippen molar-refractivity contribution in [1.29, 1.82) is 0 Å². The summed E-state index contributed by atoms with van der Waals surface area (Å²) in [5.41, 5.74) is 1.09. The van der Waals surface area contributed by atoms with E-state index in [2.05, 4.69) is 22.5 Å². The fourth-order valence-corrected chi connectivity index (χ4v) is 1.60. The largest absolute Gasteiger partial charge is 0.103 e. The molecule has 0 amide bonds. The van der Waals surface area contributed by atoms with Gasteiger partial charge in [-0.2, -0.15) is 0 Å². The third kappa shape index (κ3) is 3.02. The zero-order chi connectivity index (χ0) is 9.68. The molecule has 0 radical (unpaired) electrons. The minimum Gasteiger partial charge on any atom is -0.103 e. The van der Waals surface area contributed by atoms with E-state index in [1.54, 1.807) is 6.08 Å². The standard InChI is InChI=1S/C11H10BrCl/c1-2-6-10(13)11(12)9-7-4-3-5-8-9/h2-5,7-8H,1,6H2/b11-10-. The van der Waals surface area contributed by atoms with Crippen LogP contribution < -0.4 is 0 Å². The van der Waals surface area contributed by atoms with E-state index in [0.29, 0.717) is 6.42 Å². The van der Waals surface area contributed by atoms with Crippen LogP contribution >= 0.6 is 27.5 Å². The van der Waals surface area contributed by atoms with Gasteiger partial charge in [0.05, 0.1) is 0 Å². The zero-order valence-corrected chi connectivity index (χ0v) is 9.48. The van der Waals surface area contributed by atoms with Crippen LogP contribution in [0.4, 0.5) is 0 Å². The van der Waals surface area contributed by atoms with Gasteiger partial charge in [0.25, 0.3) is 0 Å². The summed E-state index contributed by atoms with van der Waals surface area (Å²) < 4.78 is 0.940. The molecular weight excluding hydrogens is 247 g/mol. The second kappa shape index (κ2) is 5.25. The summed E-state index contributed by atoms with van der Waals surface area (Å²) in [6.07, 6.45) is 2.48. The molecule has 0 aliphatic carbocycles. The van der Waals surface area contributed by atoms with Gasteiger partial charge in [0.1, 0.15) is 0 Å². The van der Waals surface area contributed by atoms with Crippen molar-refractivity contribution in [2.45, 2.75) is 6.42 Å². The van der Waals surface area contributed by atoms with Gasteiger partial charge in [-0.15, -0.1) is 6.58 Å². The highest BCUT2D eigenvalue weighted by Gasteiger charge is 2.01. The van der Waals surface area contributed by atoms with Crippen LogP contribution in [-0.2, 0) is 0 Å². The highest BCUT2D eigenvalue weighted by Crippen LogP contribution is 2.29. The summed E-state index contributed by atoms with van der Waals surface area (Å²) in [5.74, 6) is 0. The van der Waals surface area contributed by atoms with Gasteiger partial charge >= 0.3 is 0 Å². The van der Waals surface area contributed by atoms with Crippen LogP contribution in [0.1, 0.15) is 12.0 Å². The Hall–Kier alpha value is -0.530. The van der Waals surface area contributed by atoms with Gasteiger partial charge in [-0.25, -0.2) is 0 Å². The number of allylic oxidation sites excluding steroid dienone is 2. The maximum absolute atomic E-state index is 6.03. The van der Waals surface area contributed by atoms with Crippen molar-refractivity contribution in [3.63, 3.8) is 0 Å². The predicted molar refractivity (Wildman–Crippen MR) is 63.0 cm³/mol. The van der Waals surface area contributed by atoms with Crippen LogP contribution in [0.15, 0.2) is 48.0 Å². The second-order valence-corrected chi connectivity index (χ2v) is 3.83. The third-order valence-corrected chi connectivity index (χ3v) is 3.10. The normalized spacial score (nSPS) is 12.2. The van der Waals surface area contributed by atoms with E-state index in [0.717, 1.165) is 15.1 Å². The van der Waals surface area contributed by atoms with Crippen molar-refractivity contribution >= 4 is 32.0 Å². The summed E-state index contributed by atoms with van der Waals surface area (Å²) in [6.45, 7) is 3.64. The lowest BCUT2D eigenvalue weighted by Crippen LogP contribution is -1.78. The summed E-state index contributed by atoms with van der Waals surface area (Å²) in [4.78, 5) is 0. The SMILES string of the molecule is C=CC/C(Cl)=C(/Br)c1ccccc1. The quantitative estimate of drug-likeness (QED) is 0.696. The minimum absolute atomic E-state index is 0.692. The Kier molecular flexibility index (Phi) is 4.26. The molecule has 0 aromatic heterocycles. The van der Waals surface area contributed by atoms with Gasteiger partial charge in [0.15, 0.2) is 0 Å². The Labute approximate surface area is 92.0 Å². The van der Waals surface area contributed by atoms with Crippen molar-refractivity contribution in [2.24, 2.45) is 0 Å². The highest BCUT2D eigenvalue weighted by molar-refractivity contribution is 9.15. The average molecular weight is 258 g/mol. The van der Waals surface area contributed by atoms with Crippen LogP contribution in [0.3, 0.4) is 0 Å². The first-order valence-electron chi connectivity index (χ1n) is 3.96. The molecule has 0 bridgehead atoms. The molecule has 0 unspecified atom stereocenters. The molecule has 13 heavy (non-hydrogen) atoms. The maximum atomic E-state index is 6.03. The summed E-state index contributed by atoms with van der Waals surface area (Å²) in [6, 6.07) is 9.96. The Morgan fingerprint density at radius 2 is 2.00 bits per heavy atom. The van der Waals surface area contributed by atoms with Crippen molar-refractivity contribution < 1.29 is 0 Å². The monoisotopic (exact) mass is 256 g/mol. The first kappa shape index (κ1) is 10.6. The molecule has 1 rings (SSSR count). The number of hydrogen-bond donors (Lipinski definition) is 0.